The van der Waals surface area contributed by atoms with Gasteiger partial charge in [0.25, 0.3) is 0 Å². The minimum atomic E-state index is 0.458. The van der Waals surface area contributed by atoms with Crippen LogP contribution in [0, 0.1) is 6.92 Å². The number of hydrogen-bond acceptors (Lipinski definition) is 2. The van der Waals surface area contributed by atoms with Crippen molar-refractivity contribution in [2.45, 2.75) is 26.7 Å². The van der Waals surface area contributed by atoms with Crippen molar-refractivity contribution in [3.05, 3.63) is 29.3 Å². The molecule has 2 nitrogen and oxygen atoms in total. The van der Waals surface area contributed by atoms with Crippen molar-refractivity contribution in [3.8, 4) is 5.75 Å². The van der Waals surface area contributed by atoms with Gasteiger partial charge in [-0.15, -0.1) is 0 Å². The van der Waals surface area contributed by atoms with Gasteiger partial charge >= 0.3 is 0 Å². The van der Waals surface area contributed by atoms with Gasteiger partial charge in [-0.05, 0) is 30.0 Å². The summed E-state index contributed by atoms with van der Waals surface area (Å²) in [6.45, 7) is 6.17. The number of rotatable bonds is 2. The molecule has 0 unspecified atom stereocenters. The Bertz CT molecular complexity index is 267. The van der Waals surface area contributed by atoms with Crippen molar-refractivity contribution >= 4 is 0 Å². The fraction of sp³-hybridized carbons (Fsp3) is 0.400. The third kappa shape index (κ3) is 1.59. The van der Waals surface area contributed by atoms with Crippen molar-refractivity contribution < 1.29 is 10.1 Å². The highest BCUT2D eigenvalue weighted by atomic mass is 17.1. The Morgan fingerprint density at radius 2 is 2.00 bits per heavy atom. The smallest absolute Gasteiger partial charge is 0.168 e. The van der Waals surface area contributed by atoms with Crippen molar-refractivity contribution in [3.63, 3.8) is 0 Å². The normalized spacial score (nSPS) is 10.4. The van der Waals surface area contributed by atoms with Gasteiger partial charge in [0.15, 0.2) is 5.75 Å². The topological polar surface area (TPSA) is 29.5 Å². The molecule has 1 aromatic carbocycles. The van der Waals surface area contributed by atoms with E-state index in [4.69, 9.17) is 5.26 Å². The fourth-order valence-electron chi connectivity index (χ4n) is 1.36. The van der Waals surface area contributed by atoms with Gasteiger partial charge in [0, 0.05) is 0 Å². The van der Waals surface area contributed by atoms with Crippen molar-refractivity contribution in [2.75, 3.05) is 0 Å². The second-order valence-electron chi connectivity index (χ2n) is 3.22. The van der Waals surface area contributed by atoms with Crippen LogP contribution < -0.4 is 4.89 Å². The zero-order valence-corrected chi connectivity index (χ0v) is 7.66. The second-order valence-corrected chi connectivity index (χ2v) is 3.22. The highest BCUT2D eigenvalue weighted by Gasteiger charge is 2.07. The predicted molar refractivity (Wildman–Crippen MR) is 48.5 cm³/mol. The molecule has 0 aliphatic heterocycles. The van der Waals surface area contributed by atoms with Crippen molar-refractivity contribution in [2.24, 2.45) is 0 Å². The molecular formula is C10H14O2. The summed E-state index contributed by atoms with van der Waals surface area (Å²) in [5.74, 6) is 1.00. The molecule has 0 fully saturated rings. The highest BCUT2D eigenvalue weighted by Crippen LogP contribution is 2.26. The van der Waals surface area contributed by atoms with E-state index < -0.39 is 0 Å². The first-order valence-corrected chi connectivity index (χ1v) is 4.07. The first-order chi connectivity index (χ1) is 5.66. The summed E-state index contributed by atoms with van der Waals surface area (Å²) in [5.41, 5.74) is 2.22. The molecule has 2 heteroatoms. The molecule has 0 heterocycles. The van der Waals surface area contributed by atoms with Gasteiger partial charge in [-0.1, -0.05) is 26.0 Å². The van der Waals surface area contributed by atoms with Crippen LogP contribution in [0.1, 0.15) is 30.9 Å². The molecule has 0 saturated carbocycles. The van der Waals surface area contributed by atoms with E-state index in [1.165, 1.54) is 5.56 Å². The Balaban J connectivity index is 3.14. The Morgan fingerprint density at radius 1 is 1.33 bits per heavy atom. The van der Waals surface area contributed by atoms with Crippen LogP contribution in [0.3, 0.4) is 0 Å². The van der Waals surface area contributed by atoms with Crippen LogP contribution in [0.25, 0.3) is 0 Å². The van der Waals surface area contributed by atoms with E-state index in [-0.39, 0.29) is 0 Å². The minimum Gasteiger partial charge on any atom is -0.340 e. The van der Waals surface area contributed by atoms with E-state index in [0.29, 0.717) is 11.7 Å². The molecule has 0 spiro atoms. The monoisotopic (exact) mass is 166 g/mol. The quantitative estimate of drug-likeness (QED) is 0.540. The summed E-state index contributed by atoms with van der Waals surface area (Å²) >= 11 is 0. The molecule has 0 aromatic heterocycles. The maximum Gasteiger partial charge on any atom is 0.168 e. The molecule has 0 bridgehead atoms. The molecule has 66 valence electrons. The number of benzene rings is 1. The summed E-state index contributed by atoms with van der Waals surface area (Å²) in [6, 6.07) is 5.68. The van der Waals surface area contributed by atoms with Gasteiger partial charge in [-0.2, -0.15) is 0 Å². The zero-order chi connectivity index (χ0) is 9.14. The van der Waals surface area contributed by atoms with Gasteiger partial charge in [0.1, 0.15) is 0 Å². The van der Waals surface area contributed by atoms with E-state index in [0.717, 1.165) is 5.56 Å². The van der Waals surface area contributed by atoms with Gasteiger partial charge in [0.05, 0.1) is 0 Å². The maximum atomic E-state index is 8.52. The summed E-state index contributed by atoms with van der Waals surface area (Å²) < 4.78 is 0. The molecule has 12 heavy (non-hydrogen) atoms. The molecule has 0 atom stereocenters. The molecule has 1 aromatic rings. The van der Waals surface area contributed by atoms with Crippen LogP contribution in [0.2, 0.25) is 0 Å². The average Bonchev–Trinajstić information content (AvgIpc) is 2.04. The molecule has 0 aliphatic carbocycles. The molecular weight excluding hydrogens is 152 g/mol. The number of hydrogen-bond donors (Lipinski definition) is 1. The van der Waals surface area contributed by atoms with Crippen LogP contribution in [0.15, 0.2) is 18.2 Å². The van der Waals surface area contributed by atoms with Crippen LogP contribution in [-0.4, -0.2) is 5.26 Å². The lowest BCUT2D eigenvalue weighted by Crippen LogP contribution is -1.95. The van der Waals surface area contributed by atoms with Crippen LogP contribution >= 0.6 is 0 Å². The van der Waals surface area contributed by atoms with E-state index in [1.54, 1.807) is 6.07 Å². The van der Waals surface area contributed by atoms with Crippen LogP contribution in [0.4, 0.5) is 0 Å². The van der Waals surface area contributed by atoms with Gasteiger partial charge < -0.3 is 4.89 Å². The van der Waals surface area contributed by atoms with Gasteiger partial charge in [-0.25, -0.2) is 5.26 Å². The lowest BCUT2D eigenvalue weighted by Gasteiger charge is -2.10. The van der Waals surface area contributed by atoms with Crippen molar-refractivity contribution in [1.82, 2.24) is 0 Å². The Kier molecular flexibility index (Phi) is 2.71. The maximum absolute atomic E-state index is 8.52. The molecule has 0 saturated heterocycles. The lowest BCUT2D eigenvalue weighted by atomic mass is 9.98. The third-order valence-electron chi connectivity index (χ3n) is 2.05. The zero-order valence-electron chi connectivity index (χ0n) is 7.66. The molecule has 0 radical (unpaired) electrons. The predicted octanol–water partition coefficient (Wildman–Crippen LogP) is 2.97. The first-order valence-electron chi connectivity index (χ1n) is 4.07. The van der Waals surface area contributed by atoms with Crippen LogP contribution in [-0.2, 0) is 0 Å². The fourth-order valence-corrected chi connectivity index (χ4v) is 1.36. The SMILES string of the molecule is Cc1c(OO)cccc1C(C)C. The van der Waals surface area contributed by atoms with Gasteiger partial charge in [-0.3, -0.25) is 0 Å². The third-order valence-corrected chi connectivity index (χ3v) is 2.05. The van der Waals surface area contributed by atoms with E-state index in [1.807, 2.05) is 19.1 Å². The van der Waals surface area contributed by atoms with Crippen LogP contribution in [0.5, 0.6) is 5.75 Å². The van der Waals surface area contributed by atoms with Gasteiger partial charge in [0.2, 0.25) is 0 Å². The molecule has 0 aliphatic rings. The summed E-state index contributed by atoms with van der Waals surface area (Å²) in [6.07, 6.45) is 0. The van der Waals surface area contributed by atoms with E-state index >= 15 is 0 Å². The Morgan fingerprint density at radius 3 is 2.50 bits per heavy atom. The Labute approximate surface area is 72.7 Å². The molecule has 0 amide bonds. The first kappa shape index (κ1) is 9.07. The Hall–Kier alpha value is -1.02. The standard InChI is InChI=1S/C10H14O2/c1-7(2)9-5-4-6-10(12-11)8(9)3/h4-7,11H,1-3H3. The molecule has 1 rings (SSSR count). The summed E-state index contributed by atoms with van der Waals surface area (Å²) in [5, 5.41) is 8.52. The lowest BCUT2D eigenvalue weighted by molar-refractivity contribution is -0.138. The minimum absolute atomic E-state index is 0.458. The van der Waals surface area contributed by atoms with Crippen molar-refractivity contribution in [1.29, 1.82) is 0 Å². The average molecular weight is 166 g/mol. The summed E-state index contributed by atoms with van der Waals surface area (Å²) in [4.78, 5) is 4.24. The highest BCUT2D eigenvalue weighted by molar-refractivity contribution is 5.40. The summed E-state index contributed by atoms with van der Waals surface area (Å²) in [7, 11) is 0. The molecule has 1 N–H and O–H groups in total. The van der Waals surface area contributed by atoms with E-state index in [9.17, 15) is 0 Å². The largest absolute Gasteiger partial charge is 0.340 e. The second kappa shape index (κ2) is 3.59. The van der Waals surface area contributed by atoms with E-state index in [2.05, 4.69) is 18.7 Å².